The number of rotatable bonds is 4. The second-order valence-electron chi connectivity index (χ2n) is 6.50. The lowest BCUT2D eigenvalue weighted by Crippen LogP contribution is -2.68. The molecule has 0 radical (unpaired) electrons. The number of aryl methyl sites for hydroxylation is 2. The summed E-state index contributed by atoms with van der Waals surface area (Å²) in [4.78, 5) is 2.13. The fourth-order valence-electron chi connectivity index (χ4n) is 2.83. The van der Waals surface area contributed by atoms with Crippen molar-refractivity contribution in [2.24, 2.45) is 0 Å². The van der Waals surface area contributed by atoms with E-state index in [1.54, 1.807) is 18.4 Å². The van der Waals surface area contributed by atoms with Crippen LogP contribution in [0.1, 0.15) is 11.5 Å². The number of furan rings is 2. The number of hydrogen-bond donors (Lipinski definition) is 0. The quantitative estimate of drug-likeness (QED) is 0.424. The minimum atomic E-state index is -4.94. The molecule has 3 aromatic heterocycles. The monoisotopic (exact) mass is 462 g/mol. The lowest BCUT2D eigenvalue weighted by Gasteiger charge is -2.17. The van der Waals surface area contributed by atoms with Gasteiger partial charge in [0.2, 0.25) is 11.3 Å². The van der Waals surface area contributed by atoms with E-state index < -0.39 is 10.2 Å². The Morgan fingerprint density at radius 1 is 0.710 bits per heavy atom. The highest BCUT2D eigenvalue weighted by Crippen LogP contribution is 2.38. The van der Waals surface area contributed by atoms with E-state index >= 15 is 0 Å². The molecule has 0 unspecified atom stereocenters. The van der Waals surface area contributed by atoms with Gasteiger partial charge >= 0.3 is 0 Å². The Balaban J connectivity index is 0.000000491. The second-order valence-corrected chi connectivity index (χ2v) is 8.34. The van der Waals surface area contributed by atoms with Gasteiger partial charge < -0.3 is 13.6 Å². The molecule has 0 aliphatic carbocycles. The highest BCUT2D eigenvalue weighted by atomic mass is 35.7. The summed E-state index contributed by atoms with van der Waals surface area (Å²) in [5, 5.41) is 0. The maximum atomic E-state index is 8.49. The fourth-order valence-corrected chi connectivity index (χ4v) is 3.86. The summed E-state index contributed by atoms with van der Waals surface area (Å²) in [6.45, 7) is 3.91. The van der Waals surface area contributed by atoms with Crippen LogP contribution in [0.4, 0.5) is 0 Å². The zero-order chi connectivity index (χ0) is 22.6. The third-order valence-electron chi connectivity index (χ3n) is 4.18. The molecule has 0 N–H and O–H groups in total. The van der Waals surface area contributed by atoms with Gasteiger partial charge in [0.15, 0.2) is 11.5 Å². The summed E-state index contributed by atoms with van der Waals surface area (Å²) >= 11 is 1.66. The zero-order valence-electron chi connectivity index (χ0n) is 16.9. The Morgan fingerprint density at radius 3 is 1.52 bits per heavy atom. The van der Waals surface area contributed by atoms with Gasteiger partial charge in [-0.25, -0.2) is 18.6 Å². The number of halogens is 1. The molecule has 0 atom stereocenters. The van der Waals surface area contributed by atoms with Gasteiger partial charge in [0.1, 0.15) is 17.3 Å². The summed E-state index contributed by atoms with van der Waals surface area (Å²) in [5.74, 6) is 4.38. The van der Waals surface area contributed by atoms with Crippen LogP contribution < -0.4 is 23.4 Å². The van der Waals surface area contributed by atoms with Crippen LogP contribution in [0.2, 0.25) is 0 Å². The topological polar surface area (TPSA) is 128 Å². The third kappa shape index (κ3) is 6.63. The molecular weight excluding hydrogens is 444 g/mol. The van der Waals surface area contributed by atoms with Gasteiger partial charge in [-0.05, 0) is 61.4 Å². The van der Waals surface area contributed by atoms with E-state index in [2.05, 4.69) is 24.3 Å². The molecule has 0 saturated heterocycles. The van der Waals surface area contributed by atoms with Gasteiger partial charge in [0.05, 0.1) is 7.11 Å². The van der Waals surface area contributed by atoms with Crippen LogP contribution in [-0.2, 0) is 0 Å². The van der Waals surface area contributed by atoms with E-state index in [0.29, 0.717) is 0 Å². The van der Waals surface area contributed by atoms with E-state index in [1.807, 2.05) is 50.2 Å². The molecule has 4 aromatic rings. The summed E-state index contributed by atoms with van der Waals surface area (Å²) in [6.07, 6.45) is 0. The molecule has 9 heteroatoms. The van der Waals surface area contributed by atoms with Crippen molar-refractivity contribution in [3.63, 3.8) is 0 Å². The fraction of sp³-hybridized carbons (Fsp3) is 0.136. The van der Waals surface area contributed by atoms with Crippen LogP contribution >= 0.6 is 11.3 Å². The average molecular weight is 463 g/mol. The summed E-state index contributed by atoms with van der Waals surface area (Å²) in [5.41, 5.74) is 2.23. The van der Waals surface area contributed by atoms with Crippen LogP contribution in [0.15, 0.2) is 69.5 Å². The van der Waals surface area contributed by atoms with Crippen molar-refractivity contribution in [3.8, 4) is 38.2 Å². The molecule has 0 aliphatic rings. The van der Waals surface area contributed by atoms with Crippen molar-refractivity contribution >= 4 is 11.3 Å². The van der Waals surface area contributed by atoms with Gasteiger partial charge in [0.25, 0.3) is 9.75 Å². The molecule has 4 rings (SSSR count). The third-order valence-corrected chi connectivity index (χ3v) is 5.26. The van der Waals surface area contributed by atoms with Gasteiger partial charge in [-0.3, -0.25) is 0 Å². The average Bonchev–Trinajstić information content (AvgIpc) is 3.35. The second kappa shape index (κ2) is 9.61. The van der Waals surface area contributed by atoms with E-state index in [0.717, 1.165) is 49.7 Å². The summed E-state index contributed by atoms with van der Waals surface area (Å²) < 4.78 is 50.9. The van der Waals surface area contributed by atoms with Crippen LogP contribution in [0.25, 0.3) is 32.4 Å². The van der Waals surface area contributed by atoms with Gasteiger partial charge in [-0.1, -0.05) is 12.1 Å². The zero-order valence-corrected chi connectivity index (χ0v) is 18.5. The van der Waals surface area contributed by atoms with Gasteiger partial charge in [-0.15, -0.1) is 10.2 Å². The molecular formula is C22H19ClO7S. The molecule has 0 bridgehead atoms. The molecule has 0 amide bonds. The van der Waals surface area contributed by atoms with Crippen LogP contribution in [0.3, 0.4) is 0 Å². The highest BCUT2D eigenvalue weighted by Gasteiger charge is 2.23. The Kier molecular flexibility index (Phi) is 7.11. The van der Waals surface area contributed by atoms with E-state index in [4.69, 9.17) is 32.2 Å². The van der Waals surface area contributed by atoms with E-state index in [9.17, 15) is 0 Å². The summed E-state index contributed by atoms with van der Waals surface area (Å²) in [7, 11) is -3.27. The lowest BCUT2D eigenvalue weighted by molar-refractivity contribution is -2.00. The van der Waals surface area contributed by atoms with Crippen molar-refractivity contribution in [3.05, 3.63) is 72.2 Å². The molecule has 1 aromatic carbocycles. The maximum Gasteiger partial charge on any atom is 0.274 e. The normalized spacial score (nSPS) is 11.1. The molecule has 7 nitrogen and oxygen atoms in total. The van der Waals surface area contributed by atoms with Crippen molar-refractivity contribution in [2.45, 2.75) is 13.8 Å². The Hall–Kier alpha value is -2.72. The number of methoxy groups -OCH3 is 1. The first-order valence-corrected chi connectivity index (χ1v) is 11.1. The molecule has 162 valence electrons. The lowest BCUT2D eigenvalue weighted by atomic mass is 10.1. The Labute approximate surface area is 185 Å². The Bertz CT molecular complexity index is 1080. The van der Waals surface area contributed by atoms with E-state index in [1.165, 1.54) is 0 Å². The molecule has 0 spiro atoms. The molecule has 0 saturated carbocycles. The maximum absolute atomic E-state index is 8.49. The minimum Gasteiger partial charge on any atom is -0.497 e. The van der Waals surface area contributed by atoms with Crippen LogP contribution in [0, 0.1) is 24.1 Å². The highest BCUT2D eigenvalue weighted by molar-refractivity contribution is 7.18. The molecule has 0 aliphatic heterocycles. The minimum absolute atomic E-state index is 0.844. The summed E-state index contributed by atoms with van der Waals surface area (Å²) in [6, 6.07) is 20.4. The van der Waals surface area contributed by atoms with Gasteiger partial charge in [0, 0.05) is 12.1 Å². The number of benzene rings is 1. The van der Waals surface area contributed by atoms with Gasteiger partial charge in [-0.2, -0.15) is 0 Å². The first-order chi connectivity index (χ1) is 14.6. The van der Waals surface area contributed by atoms with Crippen LogP contribution in [0.5, 0.6) is 5.75 Å². The smallest absolute Gasteiger partial charge is 0.274 e. The number of ether oxygens (including phenoxy) is 1. The van der Waals surface area contributed by atoms with Crippen molar-refractivity contribution in [1.82, 2.24) is 0 Å². The molecule has 0 fully saturated rings. The number of hydrogen-bond acceptors (Lipinski definition) is 7. The van der Waals surface area contributed by atoms with Crippen molar-refractivity contribution in [2.75, 3.05) is 7.11 Å². The largest absolute Gasteiger partial charge is 0.497 e. The predicted molar refractivity (Wildman–Crippen MR) is 106 cm³/mol. The van der Waals surface area contributed by atoms with Crippen molar-refractivity contribution in [1.29, 1.82) is 0 Å². The van der Waals surface area contributed by atoms with Crippen molar-refractivity contribution < 1.29 is 42.5 Å². The Morgan fingerprint density at radius 2 is 1.16 bits per heavy atom. The first kappa shape index (κ1) is 23.0. The van der Waals surface area contributed by atoms with E-state index in [-0.39, 0.29) is 0 Å². The molecule has 31 heavy (non-hydrogen) atoms. The first-order valence-electron chi connectivity index (χ1n) is 9.00. The predicted octanol–water partition coefficient (Wildman–Crippen LogP) is 2.09. The molecule has 3 heterocycles. The van der Waals surface area contributed by atoms with Crippen LogP contribution in [-0.4, -0.2) is 7.11 Å². The standard InChI is InChI=1S/C22H19O3S.ClHO4/c1-14-4-10-19(24-14)21-12-17(16-6-8-18(23-3)9-7-16)13-22(26-21)20-11-5-15(2)25-20;2-1(3,4)5/h4-13H,1-3H3;(H,2,3,4,5)/q+1;/p-1. The SMILES string of the molecule is COc1ccc(-c2cc(-c3ccc(C)o3)[s+]c(-c3ccc(C)o3)c2)cc1.[O-][Cl+3]([O-])([O-])[O-].